The Labute approximate surface area is 157 Å². The Morgan fingerprint density at radius 2 is 1.85 bits per heavy atom. The average molecular weight is 394 g/mol. The van der Waals surface area contributed by atoms with Crippen LogP contribution in [0, 0.1) is 0 Å². The van der Waals surface area contributed by atoms with E-state index in [0.717, 1.165) is 11.5 Å². The van der Waals surface area contributed by atoms with Gasteiger partial charge in [0.25, 0.3) is 5.56 Å². The molecular formula is C18H16F2N2O2S2. The maximum Gasteiger partial charge on any atom is 0.387 e. The van der Waals surface area contributed by atoms with Gasteiger partial charge in [-0.05, 0) is 42.7 Å². The van der Waals surface area contributed by atoms with Gasteiger partial charge in [-0.1, -0.05) is 23.9 Å². The third kappa shape index (κ3) is 4.19. The lowest BCUT2D eigenvalue weighted by molar-refractivity contribution is -0.0498. The fourth-order valence-electron chi connectivity index (χ4n) is 2.43. The predicted molar refractivity (Wildman–Crippen MR) is 103 cm³/mol. The van der Waals surface area contributed by atoms with Gasteiger partial charge in [0.2, 0.25) is 0 Å². The number of hydrogen-bond acceptors (Lipinski definition) is 5. The third-order valence-electron chi connectivity index (χ3n) is 3.58. The van der Waals surface area contributed by atoms with Crippen LogP contribution in [0.2, 0.25) is 0 Å². The van der Waals surface area contributed by atoms with E-state index in [4.69, 9.17) is 0 Å². The summed E-state index contributed by atoms with van der Waals surface area (Å²) in [6.07, 6.45) is 2.02. The Morgan fingerprint density at radius 1 is 1.12 bits per heavy atom. The molecule has 0 unspecified atom stereocenters. The summed E-state index contributed by atoms with van der Waals surface area (Å²) in [6, 6.07) is 13.1. The highest BCUT2D eigenvalue weighted by molar-refractivity contribution is 8.02. The van der Waals surface area contributed by atoms with Crippen LogP contribution in [-0.4, -0.2) is 33.9 Å². The Balaban J connectivity index is 2.08. The number of benzene rings is 2. The van der Waals surface area contributed by atoms with Gasteiger partial charge in [0, 0.05) is 11.5 Å². The molecule has 136 valence electrons. The van der Waals surface area contributed by atoms with Crippen LogP contribution in [0.15, 0.2) is 58.5 Å². The summed E-state index contributed by atoms with van der Waals surface area (Å²) >= 11 is 3.20. The summed E-state index contributed by atoms with van der Waals surface area (Å²) in [5.74, 6) is 1.77. The zero-order chi connectivity index (χ0) is 18.5. The Bertz CT molecular complexity index is 946. The SMILES string of the molecule is CSCCSc1nc2ccccc2c(=O)n1-c1ccc(OC(F)F)cc1. The third-order valence-corrected chi connectivity index (χ3v) is 5.39. The molecule has 0 aliphatic heterocycles. The van der Waals surface area contributed by atoms with Crippen molar-refractivity contribution in [1.82, 2.24) is 9.55 Å². The minimum Gasteiger partial charge on any atom is -0.435 e. The quantitative estimate of drug-likeness (QED) is 0.337. The molecule has 0 bridgehead atoms. The van der Waals surface area contributed by atoms with Crippen molar-refractivity contribution in [3.8, 4) is 11.4 Å². The molecular weight excluding hydrogens is 378 g/mol. The first-order valence-electron chi connectivity index (χ1n) is 7.79. The number of thioether (sulfide) groups is 2. The molecule has 0 aliphatic rings. The average Bonchev–Trinajstić information content (AvgIpc) is 2.63. The molecule has 0 aliphatic carbocycles. The summed E-state index contributed by atoms with van der Waals surface area (Å²) in [4.78, 5) is 17.6. The number of para-hydroxylation sites is 1. The van der Waals surface area contributed by atoms with Gasteiger partial charge in [-0.3, -0.25) is 9.36 Å². The monoisotopic (exact) mass is 394 g/mol. The second-order valence-electron chi connectivity index (χ2n) is 5.27. The number of alkyl halides is 2. The van der Waals surface area contributed by atoms with Crippen LogP contribution in [0.4, 0.5) is 8.78 Å². The molecule has 0 N–H and O–H groups in total. The number of rotatable bonds is 7. The van der Waals surface area contributed by atoms with Crippen molar-refractivity contribution in [3.63, 3.8) is 0 Å². The van der Waals surface area contributed by atoms with Crippen molar-refractivity contribution in [2.24, 2.45) is 0 Å². The fraction of sp³-hybridized carbons (Fsp3) is 0.222. The van der Waals surface area contributed by atoms with Crippen LogP contribution in [0.1, 0.15) is 0 Å². The second-order valence-corrected chi connectivity index (χ2v) is 7.31. The zero-order valence-corrected chi connectivity index (χ0v) is 15.5. The summed E-state index contributed by atoms with van der Waals surface area (Å²) in [5.41, 5.74) is 1.00. The first kappa shape index (κ1) is 18.7. The lowest BCUT2D eigenvalue weighted by atomic mass is 10.2. The molecule has 0 spiro atoms. The molecule has 0 amide bonds. The number of halogens is 2. The predicted octanol–water partition coefficient (Wildman–Crippen LogP) is 4.44. The summed E-state index contributed by atoms with van der Waals surface area (Å²) in [7, 11) is 0. The minimum atomic E-state index is -2.89. The van der Waals surface area contributed by atoms with Gasteiger partial charge < -0.3 is 4.74 Å². The van der Waals surface area contributed by atoms with Gasteiger partial charge in [-0.15, -0.1) is 0 Å². The van der Waals surface area contributed by atoms with Crippen molar-refractivity contribution in [2.75, 3.05) is 17.8 Å². The molecule has 1 heterocycles. The summed E-state index contributed by atoms with van der Waals surface area (Å²) < 4.78 is 30.5. The topological polar surface area (TPSA) is 44.1 Å². The van der Waals surface area contributed by atoms with Gasteiger partial charge in [0.15, 0.2) is 5.16 Å². The molecule has 4 nitrogen and oxygen atoms in total. The normalized spacial score (nSPS) is 11.2. The van der Waals surface area contributed by atoms with Crippen molar-refractivity contribution in [2.45, 2.75) is 11.8 Å². The standard InChI is InChI=1S/C18H16F2N2O2S2/c1-25-10-11-26-18-21-15-5-3-2-4-14(15)16(23)22(18)12-6-8-13(9-7-12)24-17(19)20/h2-9,17H,10-11H2,1H3. The number of ether oxygens (including phenoxy) is 1. The molecule has 8 heteroatoms. The Morgan fingerprint density at radius 3 is 2.54 bits per heavy atom. The summed E-state index contributed by atoms with van der Waals surface area (Å²) in [5, 5.41) is 1.08. The van der Waals surface area contributed by atoms with E-state index >= 15 is 0 Å². The molecule has 26 heavy (non-hydrogen) atoms. The maximum atomic E-state index is 13.0. The van der Waals surface area contributed by atoms with Crippen LogP contribution in [0.5, 0.6) is 5.75 Å². The van der Waals surface area contributed by atoms with Crippen LogP contribution < -0.4 is 10.3 Å². The minimum absolute atomic E-state index is 0.0436. The molecule has 2 aromatic carbocycles. The lowest BCUT2D eigenvalue weighted by Crippen LogP contribution is -2.22. The molecule has 3 aromatic rings. The molecule has 0 saturated heterocycles. The van der Waals surface area contributed by atoms with Crippen LogP contribution in [-0.2, 0) is 0 Å². The number of hydrogen-bond donors (Lipinski definition) is 0. The molecule has 0 radical (unpaired) electrons. The van der Waals surface area contributed by atoms with Crippen molar-refractivity contribution < 1.29 is 13.5 Å². The van der Waals surface area contributed by atoms with E-state index in [9.17, 15) is 13.6 Å². The van der Waals surface area contributed by atoms with Crippen LogP contribution in [0.25, 0.3) is 16.6 Å². The van der Waals surface area contributed by atoms with E-state index in [1.54, 1.807) is 42.1 Å². The van der Waals surface area contributed by atoms with E-state index in [-0.39, 0.29) is 11.3 Å². The Hall–Kier alpha value is -2.06. The van der Waals surface area contributed by atoms with Crippen LogP contribution >= 0.6 is 23.5 Å². The smallest absolute Gasteiger partial charge is 0.387 e. The highest BCUT2D eigenvalue weighted by Gasteiger charge is 2.13. The highest BCUT2D eigenvalue weighted by Crippen LogP contribution is 2.23. The lowest BCUT2D eigenvalue weighted by Gasteiger charge is -2.13. The fourth-order valence-corrected chi connectivity index (χ4v) is 4.09. The molecule has 0 atom stereocenters. The molecule has 1 aromatic heterocycles. The first-order chi connectivity index (χ1) is 12.6. The van der Waals surface area contributed by atoms with Gasteiger partial charge in [-0.25, -0.2) is 4.98 Å². The van der Waals surface area contributed by atoms with Crippen molar-refractivity contribution in [3.05, 3.63) is 58.9 Å². The zero-order valence-electron chi connectivity index (χ0n) is 13.9. The first-order valence-corrected chi connectivity index (χ1v) is 10.2. The number of fused-ring (bicyclic) bond motifs is 1. The Kier molecular flexibility index (Phi) is 6.16. The summed E-state index contributed by atoms with van der Waals surface area (Å²) in [6.45, 7) is -2.89. The second kappa shape index (κ2) is 8.55. The van der Waals surface area contributed by atoms with E-state index in [2.05, 4.69) is 9.72 Å². The van der Waals surface area contributed by atoms with E-state index < -0.39 is 6.61 Å². The molecule has 0 fully saturated rings. The largest absolute Gasteiger partial charge is 0.435 e. The van der Waals surface area contributed by atoms with Gasteiger partial charge in [-0.2, -0.15) is 20.5 Å². The molecule has 0 saturated carbocycles. The van der Waals surface area contributed by atoms with Gasteiger partial charge >= 0.3 is 6.61 Å². The van der Waals surface area contributed by atoms with Gasteiger partial charge in [0.05, 0.1) is 16.6 Å². The maximum absolute atomic E-state index is 13.0. The highest BCUT2D eigenvalue weighted by atomic mass is 32.2. The number of aromatic nitrogens is 2. The molecule has 3 rings (SSSR count). The number of nitrogens with zero attached hydrogens (tertiary/aromatic N) is 2. The van der Waals surface area contributed by atoms with E-state index in [1.165, 1.54) is 28.5 Å². The van der Waals surface area contributed by atoms with E-state index in [1.807, 2.05) is 12.3 Å². The van der Waals surface area contributed by atoms with Crippen molar-refractivity contribution in [1.29, 1.82) is 0 Å². The van der Waals surface area contributed by atoms with E-state index in [0.29, 0.717) is 21.7 Å². The van der Waals surface area contributed by atoms with Crippen molar-refractivity contribution >= 4 is 34.4 Å². The van der Waals surface area contributed by atoms with Gasteiger partial charge in [0.1, 0.15) is 5.75 Å². The van der Waals surface area contributed by atoms with Crippen LogP contribution in [0.3, 0.4) is 0 Å².